The van der Waals surface area contributed by atoms with Crippen LogP contribution in [0, 0.1) is 6.57 Å². The Bertz CT molecular complexity index is 954. The van der Waals surface area contributed by atoms with Gasteiger partial charge in [-0.05, 0) is 43.7 Å². The predicted molar refractivity (Wildman–Crippen MR) is 97.6 cm³/mol. The summed E-state index contributed by atoms with van der Waals surface area (Å²) in [5.41, 5.74) is 2.68. The molecule has 0 spiro atoms. The number of nitrogens with one attached hydrogen (secondary N) is 1. The van der Waals surface area contributed by atoms with Gasteiger partial charge in [-0.15, -0.1) is 0 Å². The Morgan fingerprint density at radius 3 is 2.60 bits per heavy atom. The van der Waals surface area contributed by atoms with Crippen LogP contribution in [-0.4, -0.2) is 23.8 Å². The minimum atomic E-state index is -0.439. The molecule has 3 aromatic rings. The van der Waals surface area contributed by atoms with Crippen molar-refractivity contribution >= 4 is 16.9 Å². The highest BCUT2D eigenvalue weighted by atomic mass is 16.5. The molecule has 0 aliphatic heterocycles. The predicted octanol–water partition coefficient (Wildman–Crippen LogP) is 4.25. The summed E-state index contributed by atoms with van der Waals surface area (Å²) in [7, 11) is 3.23. The molecule has 0 radical (unpaired) electrons. The van der Waals surface area contributed by atoms with Crippen LogP contribution in [0.1, 0.15) is 19.4 Å². The molecule has 1 N–H and O–H groups in total. The van der Waals surface area contributed by atoms with Gasteiger partial charge in [-0.2, -0.15) is 5.10 Å². The number of aromatic nitrogens is 2. The summed E-state index contributed by atoms with van der Waals surface area (Å²) < 4.78 is 12.5. The summed E-state index contributed by atoms with van der Waals surface area (Å²) in [6.07, 6.45) is 3.44. The van der Waals surface area contributed by atoms with Crippen molar-refractivity contribution in [2.75, 3.05) is 19.5 Å². The lowest BCUT2D eigenvalue weighted by Crippen LogP contribution is -2.28. The normalized spacial score (nSPS) is 11.2. The number of hydrogen-bond acceptors (Lipinski definition) is 4. The van der Waals surface area contributed by atoms with Gasteiger partial charge in [0.05, 0.1) is 43.7 Å². The molecule has 0 atom stereocenters. The van der Waals surface area contributed by atoms with E-state index in [2.05, 4.69) is 29.1 Å². The highest BCUT2D eigenvalue weighted by Crippen LogP contribution is 2.37. The fourth-order valence-electron chi connectivity index (χ4n) is 2.81. The van der Waals surface area contributed by atoms with Gasteiger partial charge in [0, 0.05) is 6.20 Å². The molecule has 6 heteroatoms. The number of benzene rings is 1. The second-order valence-corrected chi connectivity index (χ2v) is 6.17. The first-order valence-electron chi connectivity index (χ1n) is 7.84. The van der Waals surface area contributed by atoms with Crippen molar-refractivity contribution in [3.63, 3.8) is 0 Å². The number of fused-ring (bicyclic) bond motifs is 1. The Kier molecular flexibility index (Phi) is 4.24. The molecule has 2 heterocycles. The quantitative estimate of drug-likeness (QED) is 0.708. The molecule has 0 bridgehead atoms. The zero-order valence-corrected chi connectivity index (χ0v) is 14.7. The van der Waals surface area contributed by atoms with Crippen LogP contribution in [0.5, 0.6) is 11.5 Å². The Morgan fingerprint density at radius 2 is 1.92 bits per heavy atom. The molecule has 128 valence electrons. The second-order valence-electron chi connectivity index (χ2n) is 6.17. The van der Waals surface area contributed by atoms with Gasteiger partial charge in [0.2, 0.25) is 5.69 Å². The molecule has 6 nitrogen and oxygen atoms in total. The number of ether oxygens (including phenoxy) is 2. The first-order chi connectivity index (χ1) is 12.0. The van der Waals surface area contributed by atoms with Crippen molar-refractivity contribution in [1.29, 1.82) is 0 Å². The minimum absolute atomic E-state index is 0.439. The number of methoxy groups -OCH3 is 2. The topological polar surface area (TPSA) is 52.2 Å². The smallest absolute Gasteiger partial charge is 0.231 e. The van der Waals surface area contributed by atoms with Crippen molar-refractivity contribution in [3.05, 3.63) is 59.7 Å². The maximum Gasteiger partial charge on any atom is 0.231 e. The molecule has 2 aromatic heterocycles. The molecule has 0 unspecified atom stereocenters. The monoisotopic (exact) mass is 336 g/mol. The third kappa shape index (κ3) is 2.96. The minimum Gasteiger partial charge on any atom is -0.493 e. The molecular weight excluding hydrogens is 316 g/mol. The first kappa shape index (κ1) is 16.7. The number of rotatable bonds is 5. The van der Waals surface area contributed by atoms with E-state index in [0.29, 0.717) is 17.2 Å². The van der Waals surface area contributed by atoms with E-state index in [0.717, 1.165) is 16.8 Å². The van der Waals surface area contributed by atoms with Gasteiger partial charge in [0.25, 0.3) is 0 Å². The summed E-state index contributed by atoms with van der Waals surface area (Å²) in [6, 6.07) is 9.66. The van der Waals surface area contributed by atoms with Crippen molar-refractivity contribution in [3.8, 4) is 11.5 Å². The van der Waals surface area contributed by atoms with Crippen molar-refractivity contribution in [2.45, 2.75) is 19.4 Å². The molecule has 0 fully saturated rings. The van der Waals surface area contributed by atoms with E-state index >= 15 is 0 Å². The van der Waals surface area contributed by atoms with E-state index in [1.807, 2.05) is 36.5 Å². The van der Waals surface area contributed by atoms with Crippen LogP contribution >= 0.6 is 0 Å². The molecule has 1 aromatic carbocycles. The van der Waals surface area contributed by atoms with Crippen molar-refractivity contribution in [2.24, 2.45) is 0 Å². The van der Waals surface area contributed by atoms with Gasteiger partial charge in [-0.1, -0.05) is 6.07 Å². The molecule has 0 amide bonds. The number of hydrogen-bond donors (Lipinski definition) is 1. The summed E-state index contributed by atoms with van der Waals surface area (Å²) in [6.45, 7) is 11.6. The van der Waals surface area contributed by atoms with Gasteiger partial charge >= 0.3 is 0 Å². The third-order valence-electron chi connectivity index (χ3n) is 4.21. The number of nitrogens with zero attached hydrogens (tertiary/aromatic N) is 3. The SMILES string of the molecule is [C-]#[N+]c1cnn2cccc2c1NC(C)(C)c1ccc(OC)c(OC)c1. The van der Waals surface area contributed by atoms with Crippen molar-refractivity contribution in [1.82, 2.24) is 9.61 Å². The lowest BCUT2D eigenvalue weighted by Gasteiger charge is -2.30. The highest BCUT2D eigenvalue weighted by molar-refractivity contribution is 5.85. The molecular formula is C19H20N4O2. The zero-order chi connectivity index (χ0) is 18.0. The van der Waals surface area contributed by atoms with Crippen LogP contribution in [0.4, 0.5) is 11.4 Å². The standard InChI is InChI=1S/C19H20N4O2/c1-19(2,13-8-9-16(24-4)17(11-13)25-5)22-18-14(20-3)12-21-23-10-6-7-15(18)23/h6-12,22H,1-2,4-5H3. The molecule has 0 aliphatic rings. The van der Waals surface area contributed by atoms with E-state index in [9.17, 15) is 0 Å². The summed E-state index contributed by atoms with van der Waals surface area (Å²) in [5.74, 6) is 1.35. The average molecular weight is 336 g/mol. The molecule has 0 saturated heterocycles. The maximum absolute atomic E-state index is 7.44. The van der Waals surface area contributed by atoms with Crippen molar-refractivity contribution < 1.29 is 9.47 Å². The summed E-state index contributed by atoms with van der Waals surface area (Å²) >= 11 is 0. The molecule has 3 rings (SSSR count). The fraction of sp³-hybridized carbons (Fsp3) is 0.263. The average Bonchev–Trinajstić information content (AvgIpc) is 3.10. The van der Waals surface area contributed by atoms with Crippen LogP contribution in [-0.2, 0) is 5.54 Å². The van der Waals surface area contributed by atoms with E-state index in [4.69, 9.17) is 16.0 Å². The van der Waals surface area contributed by atoms with E-state index in [-0.39, 0.29) is 0 Å². The van der Waals surface area contributed by atoms with E-state index in [1.54, 1.807) is 24.9 Å². The van der Waals surface area contributed by atoms with Crippen LogP contribution in [0.3, 0.4) is 0 Å². The Balaban J connectivity index is 2.05. The summed E-state index contributed by atoms with van der Waals surface area (Å²) in [4.78, 5) is 3.61. The van der Waals surface area contributed by atoms with Gasteiger partial charge in [-0.3, -0.25) is 0 Å². The summed E-state index contributed by atoms with van der Waals surface area (Å²) in [5, 5.41) is 7.75. The Hall–Kier alpha value is -3.20. The van der Waals surface area contributed by atoms with Crippen LogP contribution in [0.2, 0.25) is 0 Å². The van der Waals surface area contributed by atoms with E-state index in [1.165, 1.54) is 0 Å². The fourth-order valence-corrected chi connectivity index (χ4v) is 2.81. The lowest BCUT2D eigenvalue weighted by molar-refractivity contribution is 0.353. The third-order valence-corrected chi connectivity index (χ3v) is 4.21. The highest BCUT2D eigenvalue weighted by Gasteiger charge is 2.24. The molecule has 0 aliphatic carbocycles. The van der Waals surface area contributed by atoms with Gasteiger partial charge < -0.3 is 14.8 Å². The molecule has 0 saturated carbocycles. The van der Waals surface area contributed by atoms with Gasteiger partial charge in [0.15, 0.2) is 11.5 Å². The largest absolute Gasteiger partial charge is 0.493 e. The zero-order valence-electron chi connectivity index (χ0n) is 14.7. The van der Waals surface area contributed by atoms with Gasteiger partial charge in [-0.25, -0.2) is 9.36 Å². The Labute approximate surface area is 146 Å². The second kappa shape index (κ2) is 6.36. The maximum atomic E-state index is 7.44. The van der Waals surface area contributed by atoms with Gasteiger partial charge in [0.1, 0.15) is 0 Å². The Morgan fingerprint density at radius 1 is 1.16 bits per heavy atom. The lowest BCUT2D eigenvalue weighted by atomic mass is 9.93. The first-order valence-corrected chi connectivity index (χ1v) is 7.84. The molecule has 25 heavy (non-hydrogen) atoms. The van der Waals surface area contributed by atoms with E-state index < -0.39 is 5.54 Å². The van der Waals surface area contributed by atoms with Crippen LogP contribution in [0.25, 0.3) is 10.4 Å². The van der Waals surface area contributed by atoms with Crippen LogP contribution < -0.4 is 14.8 Å². The number of anilines is 1. The van der Waals surface area contributed by atoms with Crippen LogP contribution in [0.15, 0.2) is 42.7 Å².